The molecule has 0 aromatic heterocycles. The number of benzene rings is 3. The molecule has 1 aliphatic rings. The Morgan fingerprint density at radius 2 is 1.56 bits per heavy atom. The Balaban J connectivity index is 1.46. The molecule has 0 bridgehead atoms. The average molecular weight is 531 g/mol. The van der Waals surface area contributed by atoms with Crippen LogP contribution in [-0.2, 0) is 25.7 Å². The van der Waals surface area contributed by atoms with Gasteiger partial charge in [-0.15, -0.1) is 0 Å². The molecule has 0 radical (unpaired) electrons. The SMILES string of the molecule is COC(=O)C1=C(C)N(Cc2ccc(OC)cc2)C(=O)/C1=C\c1ccc(OCC(=O)Nc2ccc(F)cc2)cc1. The van der Waals surface area contributed by atoms with Crippen molar-refractivity contribution in [1.29, 1.82) is 0 Å². The lowest BCUT2D eigenvalue weighted by atomic mass is 10.0. The molecule has 0 saturated carbocycles. The zero-order chi connectivity index (χ0) is 27.9. The van der Waals surface area contributed by atoms with Crippen molar-refractivity contribution in [1.82, 2.24) is 4.90 Å². The summed E-state index contributed by atoms with van der Waals surface area (Å²) in [6.07, 6.45) is 1.62. The monoisotopic (exact) mass is 530 g/mol. The maximum absolute atomic E-state index is 13.4. The van der Waals surface area contributed by atoms with E-state index in [0.29, 0.717) is 28.4 Å². The number of esters is 1. The number of nitrogens with one attached hydrogen (secondary N) is 1. The van der Waals surface area contributed by atoms with Gasteiger partial charge in [-0.05, 0) is 72.7 Å². The van der Waals surface area contributed by atoms with E-state index < -0.39 is 17.7 Å². The number of amides is 2. The summed E-state index contributed by atoms with van der Waals surface area (Å²) in [5.41, 5.74) is 2.91. The number of allylic oxidation sites excluding steroid dienone is 1. The number of hydrogen-bond acceptors (Lipinski definition) is 6. The predicted molar refractivity (Wildman–Crippen MR) is 143 cm³/mol. The summed E-state index contributed by atoms with van der Waals surface area (Å²) < 4.78 is 28.7. The summed E-state index contributed by atoms with van der Waals surface area (Å²) in [5, 5.41) is 2.62. The van der Waals surface area contributed by atoms with Gasteiger partial charge < -0.3 is 24.4 Å². The van der Waals surface area contributed by atoms with Crippen molar-refractivity contribution in [2.24, 2.45) is 0 Å². The van der Waals surface area contributed by atoms with E-state index in [9.17, 15) is 18.8 Å². The normalized spacial score (nSPS) is 14.0. The van der Waals surface area contributed by atoms with Gasteiger partial charge >= 0.3 is 5.97 Å². The number of rotatable bonds is 9. The van der Waals surface area contributed by atoms with Crippen molar-refractivity contribution in [3.05, 3.63) is 107 Å². The van der Waals surface area contributed by atoms with E-state index in [0.717, 1.165) is 5.56 Å². The highest BCUT2D eigenvalue weighted by atomic mass is 19.1. The Bertz CT molecular complexity index is 1430. The fourth-order valence-corrected chi connectivity index (χ4v) is 4.04. The van der Waals surface area contributed by atoms with E-state index in [4.69, 9.17) is 14.2 Å². The summed E-state index contributed by atoms with van der Waals surface area (Å²) >= 11 is 0. The lowest BCUT2D eigenvalue weighted by molar-refractivity contribution is -0.136. The standard InChI is InChI=1S/C30H27FN2O6/c1-19-28(30(36)38-3)26(29(35)33(19)17-21-6-12-24(37-2)13-7-21)16-20-4-14-25(15-5-20)39-18-27(34)32-23-10-8-22(31)9-11-23/h4-16H,17-18H2,1-3H3,(H,32,34)/b26-16-. The minimum atomic E-state index is -0.601. The van der Waals surface area contributed by atoms with Crippen molar-refractivity contribution >= 4 is 29.5 Å². The Labute approximate surface area is 225 Å². The molecule has 2 amide bonds. The third-order valence-corrected chi connectivity index (χ3v) is 6.09. The average Bonchev–Trinajstić information content (AvgIpc) is 3.18. The van der Waals surface area contributed by atoms with Crippen molar-refractivity contribution in [3.8, 4) is 11.5 Å². The molecular formula is C30H27FN2O6. The summed E-state index contributed by atoms with van der Waals surface area (Å²) in [5.74, 6) is -0.573. The Morgan fingerprint density at radius 3 is 2.18 bits per heavy atom. The Morgan fingerprint density at radius 1 is 0.923 bits per heavy atom. The largest absolute Gasteiger partial charge is 0.497 e. The van der Waals surface area contributed by atoms with Crippen molar-refractivity contribution in [2.45, 2.75) is 13.5 Å². The van der Waals surface area contributed by atoms with Gasteiger partial charge in [0.15, 0.2) is 6.61 Å². The van der Waals surface area contributed by atoms with Crippen LogP contribution in [0.5, 0.6) is 11.5 Å². The quantitative estimate of drug-likeness (QED) is 0.318. The van der Waals surface area contributed by atoms with Crippen LogP contribution in [0.1, 0.15) is 18.1 Å². The number of carbonyl (C=O) groups is 3. The molecule has 0 saturated heterocycles. The third-order valence-electron chi connectivity index (χ3n) is 6.09. The first-order chi connectivity index (χ1) is 18.8. The minimum Gasteiger partial charge on any atom is -0.497 e. The molecule has 0 fully saturated rings. The second kappa shape index (κ2) is 12.1. The lowest BCUT2D eigenvalue weighted by Crippen LogP contribution is -2.24. The highest BCUT2D eigenvalue weighted by Gasteiger charge is 2.37. The molecule has 1 N–H and O–H groups in total. The zero-order valence-electron chi connectivity index (χ0n) is 21.7. The van der Waals surface area contributed by atoms with Crippen LogP contribution in [0.15, 0.2) is 89.6 Å². The van der Waals surface area contributed by atoms with Crippen LogP contribution in [0.4, 0.5) is 10.1 Å². The molecule has 8 nitrogen and oxygen atoms in total. The molecule has 3 aromatic rings. The summed E-state index contributed by atoms with van der Waals surface area (Å²) in [7, 11) is 2.85. The molecule has 9 heteroatoms. The fraction of sp³-hybridized carbons (Fsp3) is 0.167. The van der Waals surface area contributed by atoms with E-state index in [1.54, 1.807) is 44.4 Å². The summed E-state index contributed by atoms with van der Waals surface area (Å²) in [6, 6.07) is 19.5. The van der Waals surface area contributed by atoms with Crippen molar-refractivity contribution in [3.63, 3.8) is 0 Å². The first-order valence-electron chi connectivity index (χ1n) is 12.0. The molecule has 0 unspecified atom stereocenters. The van der Waals surface area contributed by atoms with Gasteiger partial charge in [0.05, 0.1) is 31.9 Å². The predicted octanol–water partition coefficient (Wildman–Crippen LogP) is 4.72. The number of anilines is 1. The lowest BCUT2D eigenvalue weighted by Gasteiger charge is -2.18. The molecule has 1 heterocycles. The van der Waals surface area contributed by atoms with E-state index in [-0.39, 0.29) is 30.2 Å². The van der Waals surface area contributed by atoms with Crippen LogP contribution in [0.3, 0.4) is 0 Å². The van der Waals surface area contributed by atoms with Crippen LogP contribution in [0, 0.1) is 5.82 Å². The number of ether oxygens (including phenoxy) is 3. The van der Waals surface area contributed by atoms with Gasteiger partial charge in [0.1, 0.15) is 17.3 Å². The maximum Gasteiger partial charge on any atom is 0.340 e. The fourth-order valence-electron chi connectivity index (χ4n) is 4.04. The van der Waals surface area contributed by atoms with Crippen LogP contribution in [0.2, 0.25) is 0 Å². The van der Waals surface area contributed by atoms with Crippen LogP contribution < -0.4 is 14.8 Å². The number of methoxy groups -OCH3 is 2. The summed E-state index contributed by atoms with van der Waals surface area (Å²) in [4.78, 5) is 39.7. The minimum absolute atomic E-state index is 0.203. The molecule has 0 aliphatic carbocycles. The maximum atomic E-state index is 13.4. The number of carbonyl (C=O) groups excluding carboxylic acids is 3. The highest BCUT2D eigenvalue weighted by Crippen LogP contribution is 2.33. The third kappa shape index (κ3) is 6.51. The van der Waals surface area contributed by atoms with Gasteiger partial charge in [-0.2, -0.15) is 0 Å². The van der Waals surface area contributed by atoms with E-state index in [1.165, 1.54) is 36.3 Å². The first-order valence-corrected chi connectivity index (χ1v) is 12.0. The van der Waals surface area contributed by atoms with Gasteiger partial charge in [0.2, 0.25) is 0 Å². The van der Waals surface area contributed by atoms with Crippen molar-refractivity contribution < 1.29 is 33.0 Å². The second-order valence-corrected chi connectivity index (χ2v) is 8.66. The topological polar surface area (TPSA) is 94.2 Å². The number of halogens is 1. The zero-order valence-corrected chi connectivity index (χ0v) is 21.7. The number of hydrogen-bond donors (Lipinski definition) is 1. The Hall–Kier alpha value is -4.92. The van der Waals surface area contributed by atoms with Crippen LogP contribution in [-0.4, -0.2) is 43.5 Å². The van der Waals surface area contributed by atoms with Crippen LogP contribution in [0.25, 0.3) is 6.08 Å². The van der Waals surface area contributed by atoms with Gasteiger partial charge in [-0.3, -0.25) is 9.59 Å². The van der Waals surface area contributed by atoms with Gasteiger partial charge in [0.25, 0.3) is 11.8 Å². The van der Waals surface area contributed by atoms with Gasteiger partial charge in [0, 0.05) is 11.4 Å². The highest BCUT2D eigenvalue weighted by molar-refractivity contribution is 6.16. The van der Waals surface area contributed by atoms with Crippen LogP contribution >= 0.6 is 0 Å². The molecular weight excluding hydrogens is 503 g/mol. The van der Waals surface area contributed by atoms with E-state index in [1.807, 2.05) is 24.3 Å². The molecule has 4 rings (SSSR count). The molecule has 0 atom stereocenters. The molecule has 39 heavy (non-hydrogen) atoms. The number of nitrogens with zero attached hydrogens (tertiary/aromatic N) is 1. The van der Waals surface area contributed by atoms with Gasteiger partial charge in [-0.25, -0.2) is 9.18 Å². The van der Waals surface area contributed by atoms with Gasteiger partial charge in [-0.1, -0.05) is 24.3 Å². The second-order valence-electron chi connectivity index (χ2n) is 8.66. The molecule has 200 valence electrons. The Kier molecular flexibility index (Phi) is 8.40. The smallest absolute Gasteiger partial charge is 0.340 e. The molecule has 0 spiro atoms. The first kappa shape index (κ1) is 27.1. The van der Waals surface area contributed by atoms with E-state index in [2.05, 4.69) is 5.32 Å². The molecule has 3 aromatic carbocycles. The molecule has 1 aliphatic heterocycles. The summed E-state index contributed by atoms with van der Waals surface area (Å²) in [6.45, 7) is 1.74. The van der Waals surface area contributed by atoms with Crippen molar-refractivity contribution in [2.75, 3.05) is 26.1 Å². The van der Waals surface area contributed by atoms with E-state index >= 15 is 0 Å².